The van der Waals surface area contributed by atoms with Crippen LogP contribution in [0.2, 0.25) is 0 Å². The van der Waals surface area contributed by atoms with Crippen LogP contribution in [0, 0.1) is 25.2 Å². The standard InChI is InChI=1S/C22H34N2/c1-9-15(2)13-24-14-20(19-12-16(3)10-11-17(19)4)23-21(24)18(5)22(6,7)8/h10-12,14-15,18H,9,13H2,1-8H3. The van der Waals surface area contributed by atoms with Gasteiger partial charge in [-0.25, -0.2) is 4.98 Å². The molecule has 0 amide bonds. The highest BCUT2D eigenvalue weighted by Crippen LogP contribution is 2.36. The fourth-order valence-electron chi connectivity index (χ4n) is 2.92. The molecule has 0 N–H and O–H groups in total. The molecule has 1 aromatic carbocycles. The van der Waals surface area contributed by atoms with Crippen molar-refractivity contribution in [1.29, 1.82) is 0 Å². The first-order chi connectivity index (χ1) is 11.1. The molecular weight excluding hydrogens is 292 g/mol. The van der Waals surface area contributed by atoms with Crippen LogP contribution >= 0.6 is 0 Å². The van der Waals surface area contributed by atoms with Crippen LogP contribution in [0.5, 0.6) is 0 Å². The molecular formula is C22H34N2. The molecule has 24 heavy (non-hydrogen) atoms. The average Bonchev–Trinajstić information content (AvgIpc) is 2.91. The van der Waals surface area contributed by atoms with Crippen LogP contribution in [0.1, 0.15) is 70.8 Å². The Bertz CT molecular complexity index is 688. The average molecular weight is 327 g/mol. The summed E-state index contributed by atoms with van der Waals surface area (Å²) in [4.78, 5) is 5.10. The molecule has 0 bridgehead atoms. The topological polar surface area (TPSA) is 17.8 Å². The highest BCUT2D eigenvalue weighted by molar-refractivity contribution is 5.64. The predicted octanol–water partition coefficient (Wildman–Crippen LogP) is 6.36. The van der Waals surface area contributed by atoms with E-state index in [9.17, 15) is 0 Å². The molecule has 2 rings (SSSR count). The molecule has 1 heterocycles. The first-order valence-corrected chi connectivity index (χ1v) is 9.28. The number of hydrogen-bond acceptors (Lipinski definition) is 1. The third-order valence-corrected chi connectivity index (χ3v) is 5.37. The monoisotopic (exact) mass is 326 g/mol. The van der Waals surface area contributed by atoms with Crippen molar-refractivity contribution in [2.45, 2.75) is 74.3 Å². The van der Waals surface area contributed by atoms with Crippen LogP contribution in [0.15, 0.2) is 24.4 Å². The lowest BCUT2D eigenvalue weighted by Crippen LogP contribution is -2.21. The van der Waals surface area contributed by atoms with Gasteiger partial charge in [-0.1, -0.05) is 65.7 Å². The summed E-state index contributed by atoms with van der Waals surface area (Å²) in [5.74, 6) is 2.30. The van der Waals surface area contributed by atoms with Gasteiger partial charge in [0.15, 0.2) is 0 Å². The van der Waals surface area contributed by atoms with E-state index in [1.165, 1.54) is 28.9 Å². The van der Waals surface area contributed by atoms with E-state index in [-0.39, 0.29) is 5.41 Å². The normalized spacial score (nSPS) is 14.7. The number of rotatable bonds is 5. The summed E-state index contributed by atoms with van der Waals surface area (Å²) in [5.41, 5.74) is 5.17. The molecule has 1 aromatic heterocycles. The molecule has 0 aliphatic heterocycles. The Morgan fingerprint density at radius 2 is 1.79 bits per heavy atom. The minimum absolute atomic E-state index is 0.206. The number of aryl methyl sites for hydroxylation is 2. The SMILES string of the molecule is CCC(C)Cn1cc(-c2cc(C)ccc2C)nc1C(C)C(C)(C)C. The maximum atomic E-state index is 5.10. The Hall–Kier alpha value is -1.57. The fourth-order valence-corrected chi connectivity index (χ4v) is 2.92. The van der Waals surface area contributed by atoms with Crippen LogP contribution in [0.3, 0.4) is 0 Å². The lowest BCUT2D eigenvalue weighted by Gasteiger charge is -2.27. The van der Waals surface area contributed by atoms with E-state index in [0.717, 1.165) is 12.2 Å². The largest absolute Gasteiger partial charge is 0.334 e. The zero-order valence-electron chi connectivity index (χ0n) is 16.8. The zero-order valence-corrected chi connectivity index (χ0v) is 16.8. The highest BCUT2D eigenvalue weighted by atomic mass is 15.1. The van der Waals surface area contributed by atoms with Gasteiger partial charge in [-0.15, -0.1) is 0 Å². The van der Waals surface area contributed by atoms with Gasteiger partial charge in [-0.05, 0) is 36.8 Å². The Kier molecular flexibility index (Phi) is 5.57. The smallest absolute Gasteiger partial charge is 0.112 e. The van der Waals surface area contributed by atoms with Gasteiger partial charge < -0.3 is 4.57 Å². The highest BCUT2D eigenvalue weighted by Gasteiger charge is 2.27. The summed E-state index contributed by atoms with van der Waals surface area (Å²) in [6.07, 6.45) is 3.46. The molecule has 0 saturated carbocycles. The maximum absolute atomic E-state index is 5.10. The molecule has 0 saturated heterocycles. The summed E-state index contributed by atoms with van der Waals surface area (Å²) in [6, 6.07) is 6.63. The second-order valence-electron chi connectivity index (χ2n) is 8.56. The lowest BCUT2D eigenvalue weighted by atomic mass is 9.81. The van der Waals surface area contributed by atoms with E-state index >= 15 is 0 Å². The Morgan fingerprint density at radius 1 is 1.12 bits per heavy atom. The zero-order chi connectivity index (χ0) is 18.1. The van der Waals surface area contributed by atoms with Crippen molar-refractivity contribution >= 4 is 0 Å². The molecule has 2 unspecified atom stereocenters. The molecule has 2 aromatic rings. The summed E-state index contributed by atoms with van der Waals surface area (Å²) in [5, 5.41) is 0. The minimum Gasteiger partial charge on any atom is -0.334 e. The van der Waals surface area contributed by atoms with Crippen LogP contribution in [-0.4, -0.2) is 9.55 Å². The molecule has 2 nitrogen and oxygen atoms in total. The first kappa shape index (κ1) is 18.8. The number of imidazole rings is 1. The van der Waals surface area contributed by atoms with Crippen LogP contribution in [-0.2, 0) is 6.54 Å². The number of hydrogen-bond donors (Lipinski definition) is 0. The van der Waals surface area contributed by atoms with E-state index in [0.29, 0.717) is 11.8 Å². The molecule has 0 aliphatic rings. The van der Waals surface area contributed by atoms with E-state index in [1.54, 1.807) is 0 Å². The van der Waals surface area contributed by atoms with Crippen LogP contribution in [0.25, 0.3) is 11.3 Å². The van der Waals surface area contributed by atoms with Crippen molar-refractivity contribution in [3.63, 3.8) is 0 Å². The molecule has 0 spiro atoms. The Balaban J connectivity index is 2.53. The van der Waals surface area contributed by atoms with Crippen LogP contribution in [0.4, 0.5) is 0 Å². The summed E-state index contributed by atoms with van der Waals surface area (Å²) in [7, 11) is 0. The van der Waals surface area contributed by atoms with Gasteiger partial charge in [0.25, 0.3) is 0 Å². The Labute approximate surface area is 148 Å². The van der Waals surface area contributed by atoms with Crippen molar-refractivity contribution in [3.8, 4) is 11.3 Å². The molecule has 0 aliphatic carbocycles. The van der Waals surface area contributed by atoms with Gasteiger partial charge in [0.1, 0.15) is 5.82 Å². The van der Waals surface area contributed by atoms with Crippen LogP contribution < -0.4 is 0 Å². The first-order valence-electron chi connectivity index (χ1n) is 9.28. The van der Waals surface area contributed by atoms with Gasteiger partial charge in [0.05, 0.1) is 5.69 Å². The second-order valence-corrected chi connectivity index (χ2v) is 8.56. The van der Waals surface area contributed by atoms with Gasteiger partial charge in [-0.2, -0.15) is 0 Å². The van der Waals surface area contributed by atoms with Gasteiger partial charge >= 0.3 is 0 Å². The van der Waals surface area contributed by atoms with E-state index in [4.69, 9.17) is 4.98 Å². The third-order valence-electron chi connectivity index (χ3n) is 5.37. The molecule has 0 radical (unpaired) electrons. The molecule has 2 atom stereocenters. The summed E-state index contributed by atoms with van der Waals surface area (Å²) >= 11 is 0. The third kappa shape index (κ3) is 4.09. The summed E-state index contributed by atoms with van der Waals surface area (Å²) in [6.45, 7) is 19.2. The quantitative estimate of drug-likeness (QED) is 0.625. The molecule has 132 valence electrons. The van der Waals surface area contributed by atoms with Crippen molar-refractivity contribution in [3.05, 3.63) is 41.3 Å². The van der Waals surface area contributed by atoms with Gasteiger partial charge in [-0.3, -0.25) is 0 Å². The molecule has 2 heteroatoms. The Morgan fingerprint density at radius 3 is 2.38 bits per heavy atom. The van der Waals surface area contributed by atoms with Gasteiger partial charge in [0, 0.05) is 24.2 Å². The van der Waals surface area contributed by atoms with Crippen molar-refractivity contribution < 1.29 is 0 Å². The van der Waals surface area contributed by atoms with Crippen molar-refractivity contribution in [2.24, 2.45) is 11.3 Å². The lowest BCUT2D eigenvalue weighted by molar-refractivity contribution is 0.314. The van der Waals surface area contributed by atoms with E-state index in [1.807, 2.05) is 0 Å². The summed E-state index contributed by atoms with van der Waals surface area (Å²) < 4.78 is 2.40. The van der Waals surface area contributed by atoms with E-state index < -0.39 is 0 Å². The minimum atomic E-state index is 0.206. The second kappa shape index (κ2) is 7.13. The maximum Gasteiger partial charge on any atom is 0.112 e. The fraction of sp³-hybridized carbons (Fsp3) is 0.591. The molecule has 0 fully saturated rings. The van der Waals surface area contributed by atoms with Gasteiger partial charge in [0.2, 0.25) is 0 Å². The van der Waals surface area contributed by atoms with Crippen molar-refractivity contribution in [1.82, 2.24) is 9.55 Å². The number of benzene rings is 1. The number of nitrogens with zero attached hydrogens (tertiary/aromatic N) is 2. The van der Waals surface area contributed by atoms with E-state index in [2.05, 4.69) is 84.4 Å². The van der Waals surface area contributed by atoms with Crippen molar-refractivity contribution in [2.75, 3.05) is 0 Å². The predicted molar refractivity (Wildman–Crippen MR) is 104 cm³/mol. The number of aromatic nitrogens is 2.